The number of nitrogens with zero attached hydrogens (tertiary/aromatic N) is 10. The van der Waals surface area contributed by atoms with Crippen LogP contribution in [0, 0.1) is 23.0 Å². The Morgan fingerprint density at radius 1 is 1.03 bits per heavy atom. The Morgan fingerprint density at radius 3 is 2.46 bits per heavy atom. The van der Waals surface area contributed by atoms with Gasteiger partial charge in [-0.15, -0.1) is 0 Å². The number of carbonyl (C=O) groups excluding carboxylic acids is 2. The van der Waals surface area contributed by atoms with Gasteiger partial charge in [-0.05, 0) is 81.6 Å². The van der Waals surface area contributed by atoms with Gasteiger partial charge in [0.05, 0.1) is 52.2 Å². The Kier molecular flexibility index (Phi) is 12.5. The lowest BCUT2D eigenvalue weighted by molar-refractivity contribution is -0.139. The molecule has 1 unspecified atom stereocenters. The van der Waals surface area contributed by atoms with Crippen molar-refractivity contribution in [3.05, 3.63) is 76.3 Å². The number of nitriles is 1. The summed E-state index contributed by atoms with van der Waals surface area (Å²) >= 11 is 0. The third kappa shape index (κ3) is 8.91. The van der Waals surface area contributed by atoms with Crippen molar-refractivity contribution < 1.29 is 41.7 Å². The zero-order valence-electron chi connectivity index (χ0n) is 38.7. The zero-order chi connectivity index (χ0) is 49.2. The largest absolute Gasteiger partial charge is 0.453 e. The molecule has 3 aromatic carbocycles. The van der Waals surface area contributed by atoms with Crippen molar-refractivity contribution in [1.82, 2.24) is 38.8 Å². The second-order valence-corrected chi connectivity index (χ2v) is 20.3. The molecular formula is C46H54F2N12O8S. The number of rotatable bonds is 11. The predicted molar refractivity (Wildman–Crippen MR) is 251 cm³/mol. The van der Waals surface area contributed by atoms with Crippen LogP contribution in [0.5, 0.6) is 11.5 Å². The number of benzene rings is 3. The third-order valence-electron chi connectivity index (χ3n) is 14.5. The molecular weight excluding hydrogens is 919 g/mol. The highest BCUT2D eigenvalue weighted by molar-refractivity contribution is 7.90. The second-order valence-electron chi connectivity index (χ2n) is 18.6. The van der Waals surface area contributed by atoms with E-state index in [1.165, 1.54) is 36.5 Å². The molecule has 0 radical (unpaired) electrons. The number of anilines is 3. The quantitative estimate of drug-likeness (QED) is 0.149. The minimum absolute atomic E-state index is 0.0356. The van der Waals surface area contributed by atoms with Gasteiger partial charge in [0.15, 0.2) is 17.4 Å². The first kappa shape index (κ1) is 47.6. The molecule has 0 aliphatic carbocycles. The molecule has 4 N–H and O–H groups in total. The third-order valence-corrected chi connectivity index (χ3v) is 16.0. The van der Waals surface area contributed by atoms with Crippen LogP contribution in [-0.2, 0) is 26.8 Å². The van der Waals surface area contributed by atoms with Crippen LogP contribution < -0.4 is 30.1 Å². The minimum Gasteiger partial charge on any atom is -0.453 e. The lowest BCUT2D eigenvalue weighted by Gasteiger charge is -2.45. The van der Waals surface area contributed by atoms with E-state index in [0.717, 1.165) is 16.4 Å². The molecule has 6 heterocycles. The smallest absolute Gasteiger partial charge is 0.301 e. The predicted octanol–water partition coefficient (Wildman–Crippen LogP) is 3.10. The minimum atomic E-state index is -4.05. The topological polar surface area (TPSA) is 235 Å². The van der Waals surface area contributed by atoms with E-state index in [9.17, 15) is 38.3 Å². The highest BCUT2D eigenvalue weighted by Gasteiger charge is 2.47. The lowest BCUT2D eigenvalue weighted by atomic mass is 9.83. The summed E-state index contributed by atoms with van der Waals surface area (Å²) < 4.78 is 68.8. The standard InChI is InChI=1S/C46H54F2N12O8S/c1-5-55(3)69(66,67)53-36-9-7-33(47)41(32(36)25-49)68-29-6-8-35-30(20-29)43(63)60(27-50-35)28-23-45(54(2)26-28)11-16-58(17-12-45)40(62)24-46(65)13-18-57(19-14-46)38-22-37-31(21-34(38)48)42(52-56(37)4)59-15-10-39(61)51-44(59)64/h6-9,20-22,27-28,44,53,64-65H,5,10-19,23-24,26H2,1-4H3,(H,51,61)/t28-,44?/m1/s1. The number of fused-ring (bicyclic) bond motifs is 2. The molecule has 1 spiro atoms. The monoisotopic (exact) mass is 972 g/mol. The zero-order valence-corrected chi connectivity index (χ0v) is 39.5. The first-order valence-electron chi connectivity index (χ1n) is 22.8. The Morgan fingerprint density at radius 2 is 1.77 bits per heavy atom. The van der Waals surface area contributed by atoms with Gasteiger partial charge in [-0.25, -0.2) is 13.8 Å². The molecule has 20 nitrogen and oxygen atoms in total. The van der Waals surface area contributed by atoms with Crippen LogP contribution in [0.4, 0.5) is 26.0 Å². The number of hydrogen-bond donors (Lipinski definition) is 4. The van der Waals surface area contributed by atoms with Gasteiger partial charge in [-0.3, -0.25) is 33.3 Å². The molecule has 2 amide bonds. The van der Waals surface area contributed by atoms with Gasteiger partial charge in [0.25, 0.3) is 5.56 Å². The van der Waals surface area contributed by atoms with Crippen LogP contribution in [0.15, 0.2) is 53.6 Å². The van der Waals surface area contributed by atoms with Gasteiger partial charge in [0.1, 0.15) is 23.2 Å². The fourth-order valence-electron chi connectivity index (χ4n) is 10.2. The number of halogens is 2. The summed E-state index contributed by atoms with van der Waals surface area (Å²) in [5, 5.41) is 39.8. The van der Waals surface area contributed by atoms with Gasteiger partial charge in [-0.1, -0.05) is 6.92 Å². The van der Waals surface area contributed by atoms with Gasteiger partial charge < -0.3 is 35.0 Å². The average Bonchev–Trinajstić information content (AvgIpc) is 3.80. The number of aliphatic hydroxyl groups excluding tert-OH is 1. The number of ether oxygens (including phenoxy) is 1. The highest BCUT2D eigenvalue weighted by atomic mass is 32.2. The van der Waals surface area contributed by atoms with Gasteiger partial charge in [0.2, 0.25) is 18.2 Å². The molecule has 4 aliphatic heterocycles. The van der Waals surface area contributed by atoms with E-state index in [4.69, 9.17) is 4.74 Å². The molecule has 2 atom stereocenters. The molecule has 4 fully saturated rings. The van der Waals surface area contributed by atoms with Crippen molar-refractivity contribution in [2.45, 2.75) is 75.4 Å². The summed E-state index contributed by atoms with van der Waals surface area (Å²) in [5.74, 6) is -1.97. The fraction of sp³-hybridized carbons (Fsp3) is 0.478. The van der Waals surface area contributed by atoms with E-state index in [1.807, 2.05) is 18.0 Å². The molecule has 4 aliphatic rings. The Bertz CT molecular complexity index is 3070. The number of aryl methyl sites for hydroxylation is 1. The van der Waals surface area contributed by atoms with E-state index in [-0.39, 0.29) is 90.1 Å². The second kappa shape index (κ2) is 18.1. The maximum Gasteiger partial charge on any atom is 0.301 e. The molecule has 2 aromatic heterocycles. The summed E-state index contributed by atoms with van der Waals surface area (Å²) in [5.41, 5.74) is -1.14. The van der Waals surface area contributed by atoms with E-state index < -0.39 is 39.5 Å². The van der Waals surface area contributed by atoms with Crippen molar-refractivity contribution >= 4 is 61.0 Å². The van der Waals surface area contributed by atoms with Crippen molar-refractivity contribution in [3.8, 4) is 17.6 Å². The van der Waals surface area contributed by atoms with Crippen LogP contribution in [0.3, 0.4) is 0 Å². The van der Waals surface area contributed by atoms with E-state index in [1.54, 1.807) is 40.3 Å². The van der Waals surface area contributed by atoms with Crippen molar-refractivity contribution in [1.29, 1.82) is 5.26 Å². The maximum atomic E-state index is 15.8. The van der Waals surface area contributed by atoms with Crippen molar-refractivity contribution in [3.63, 3.8) is 0 Å². The number of aliphatic hydroxyl groups is 2. The van der Waals surface area contributed by atoms with Crippen LogP contribution in [0.25, 0.3) is 21.8 Å². The van der Waals surface area contributed by atoms with Crippen molar-refractivity contribution in [2.75, 3.05) is 74.4 Å². The molecule has 23 heteroatoms. The van der Waals surface area contributed by atoms with Gasteiger partial charge in [-0.2, -0.15) is 23.1 Å². The summed E-state index contributed by atoms with van der Waals surface area (Å²) in [6.07, 6.45) is 2.73. The number of likely N-dealkylation sites (tertiary alicyclic amines) is 2. The number of carbonyl (C=O) groups is 2. The lowest BCUT2D eigenvalue weighted by Crippen LogP contribution is -2.54. The molecule has 366 valence electrons. The Balaban J connectivity index is 0.825. The number of nitrogens with one attached hydrogen (secondary N) is 2. The number of piperidine rings is 2. The van der Waals surface area contributed by atoms with Crippen molar-refractivity contribution in [2.24, 2.45) is 7.05 Å². The summed E-state index contributed by atoms with van der Waals surface area (Å²) in [6, 6.07) is 11.2. The van der Waals surface area contributed by atoms with Crippen LogP contribution in [0.1, 0.15) is 63.5 Å². The van der Waals surface area contributed by atoms with Crippen LogP contribution >= 0.6 is 0 Å². The number of hydrogen-bond acceptors (Lipinski definition) is 14. The Labute approximate surface area is 396 Å². The normalized spacial score (nSPS) is 20.8. The SMILES string of the molecule is CCN(C)S(=O)(=O)Nc1ccc(F)c(Oc2ccc3ncn([C@H]4CN(C)C5(CCN(C(=O)CC6(O)CCN(c7cc8c(cc7F)c(N7CCC(=O)NC7O)nn8C)CC6)CC5)C4)c(=O)c3c2)c1C#N. The first-order valence-corrected chi connectivity index (χ1v) is 24.3. The molecule has 0 saturated carbocycles. The highest BCUT2D eigenvalue weighted by Crippen LogP contribution is 2.43. The molecule has 0 bridgehead atoms. The summed E-state index contributed by atoms with van der Waals surface area (Å²) in [4.78, 5) is 51.6. The van der Waals surface area contributed by atoms with E-state index in [0.29, 0.717) is 79.9 Å². The van der Waals surface area contributed by atoms with Crippen LogP contribution in [0.2, 0.25) is 0 Å². The van der Waals surface area contributed by atoms with Gasteiger partial charge in [0, 0.05) is 77.3 Å². The van der Waals surface area contributed by atoms with Crippen LogP contribution in [-0.4, -0.2) is 141 Å². The van der Waals surface area contributed by atoms with E-state index in [2.05, 4.69) is 25.0 Å². The molecule has 69 heavy (non-hydrogen) atoms. The number of amides is 2. The summed E-state index contributed by atoms with van der Waals surface area (Å²) in [6.45, 7) is 4.10. The molecule has 4 saturated heterocycles. The Hall–Kier alpha value is -6.45. The first-order chi connectivity index (χ1) is 32.8. The fourth-order valence-corrected chi connectivity index (χ4v) is 11.1. The summed E-state index contributed by atoms with van der Waals surface area (Å²) in [7, 11) is 1.03. The molecule has 5 aromatic rings. The van der Waals surface area contributed by atoms with Gasteiger partial charge >= 0.3 is 10.2 Å². The maximum absolute atomic E-state index is 15.8. The number of aromatic nitrogens is 4. The average molecular weight is 973 g/mol. The van der Waals surface area contributed by atoms with E-state index >= 15 is 8.78 Å². The molecule has 9 rings (SSSR count). The number of likely N-dealkylation sites (N-methyl/N-ethyl adjacent to an activating group) is 1.